The predicted molar refractivity (Wildman–Crippen MR) is 195 cm³/mol. The molecule has 6 unspecified atom stereocenters. The minimum atomic E-state index is -1.49. The number of allylic oxidation sites excluding steroid dienone is 2. The van der Waals surface area contributed by atoms with Gasteiger partial charge in [0.2, 0.25) is 11.8 Å². The minimum absolute atomic E-state index is 0.0371. The van der Waals surface area contributed by atoms with E-state index in [1.54, 1.807) is 92.0 Å². The van der Waals surface area contributed by atoms with Gasteiger partial charge in [-0.15, -0.1) is 0 Å². The predicted octanol–water partition coefficient (Wildman–Crippen LogP) is 7.66. The summed E-state index contributed by atoms with van der Waals surface area (Å²) in [6, 6.07) is 25.4. The normalized spacial score (nSPS) is 26.8. The molecule has 3 fully saturated rings. The van der Waals surface area contributed by atoms with Gasteiger partial charge in [-0.25, -0.2) is 0 Å². The number of rotatable bonds is 6. The summed E-state index contributed by atoms with van der Waals surface area (Å²) in [5, 5.41) is 12.0. The van der Waals surface area contributed by atoms with E-state index in [1.165, 1.54) is 11.0 Å². The number of nitrogens with one attached hydrogen (secondary N) is 1. The van der Waals surface area contributed by atoms with Gasteiger partial charge in [0, 0.05) is 15.4 Å². The minimum Gasteiger partial charge on any atom is -0.508 e. The number of hydrogen-bond acceptors (Lipinski definition) is 7. The average molecular weight is 787 g/mol. The summed E-state index contributed by atoms with van der Waals surface area (Å²) in [5.74, 6) is -4.61. The molecule has 4 aliphatic rings. The number of hydrogen-bond donors (Lipinski definition) is 2. The Morgan fingerprint density at radius 3 is 2.24 bits per heavy atom. The molecule has 12 heteroatoms. The number of nitrogens with zero attached hydrogens (tertiary/aromatic N) is 2. The number of imide groups is 2. The molecule has 8 rings (SSSR count). The highest BCUT2D eigenvalue weighted by Crippen LogP contribution is 2.64. The van der Waals surface area contributed by atoms with E-state index in [0.717, 1.165) is 15.1 Å². The average Bonchev–Trinajstić information content (AvgIpc) is 3.51. The number of carbonyl (C=O) groups excluding carboxylic acids is 4. The van der Waals surface area contributed by atoms with Gasteiger partial charge in [-0.2, -0.15) is 5.01 Å². The number of halogens is 3. The molecule has 2 aliphatic carbocycles. The Kier molecular flexibility index (Phi) is 8.24. The first-order chi connectivity index (χ1) is 24.5. The van der Waals surface area contributed by atoms with Gasteiger partial charge in [0.25, 0.3) is 11.8 Å². The molecule has 2 N–H and O–H groups in total. The number of benzene rings is 4. The molecule has 0 radical (unpaired) electrons. The zero-order valence-corrected chi connectivity index (χ0v) is 30.2. The fourth-order valence-corrected chi connectivity index (χ4v) is 9.44. The third-order valence-corrected chi connectivity index (χ3v) is 12.0. The van der Waals surface area contributed by atoms with Gasteiger partial charge in [0.05, 0.1) is 46.7 Å². The monoisotopic (exact) mass is 785 g/mol. The molecule has 2 aliphatic heterocycles. The number of phenols is 1. The van der Waals surface area contributed by atoms with Gasteiger partial charge < -0.3 is 9.84 Å². The summed E-state index contributed by atoms with van der Waals surface area (Å²) in [7, 11) is 1.55. The lowest BCUT2D eigenvalue weighted by Gasteiger charge is -2.50. The number of phenolic OH excluding ortho intramolecular Hbond substituents is 1. The van der Waals surface area contributed by atoms with Gasteiger partial charge in [-0.1, -0.05) is 75.0 Å². The van der Waals surface area contributed by atoms with Crippen LogP contribution in [0.4, 0.5) is 11.4 Å². The van der Waals surface area contributed by atoms with Crippen LogP contribution in [0.3, 0.4) is 0 Å². The SMILES string of the molecule is COc1ccc(C23C(=O)N(Nc4ccc(Cl)cc4Cl)C(=O)C2CC2C(=CCC4C(=O)N(c5ccc(Br)cc5)C(=O)C42)C3c2ccc(O)cc2)cc1. The van der Waals surface area contributed by atoms with E-state index in [9.17, 15) is 19.5 Å². The van der Waals surface area contributed by atoms with Crippen molar-refractivity contribution < 1.29 is 29.0 Å². The Hall–Kier alpha value is -4.64. The quantitative estimate of drug-likeness (QED) is 0.152. The molecule has 258 valence electrons. The van der Waals surface area contributed by atoms with Crippen molar-refractivity contribution in [1.29, 1.82) is 0 Å². The standard InChI is InChI=1S/C39H30BrCl2N3O6/c1-51-26-13-4-21(5-14-26)39-30(36(48)45(38(39)50)43-32-17-8-23(41)18-31(32)42)19-29-27(34(39)20-2-11-25(46)12-3-20)15-16-28-33(29)37(49)44(35(28)47)24-9-6-22(40)7-10-24/h2-15,17-18,28-30,33-34,43,46H,16,19H2,1H3. The lowest BCUT2D eigenvalue weighted by molar-refractivity contribution is -0.138. The number of anilines is 2. The van der Waals surface area contributed by atoms with Crippen LogP contribution in [0.1, 0.15) is 29.9 Å². The van der Waals surface area contributed by atoms with Crippen molar-refractivity contribution >= 4 is 74.1 Å². The van der Waals surface area contributed by atoms with E-state index in [2.05, 4.69) is 21.4 Å². The van der Waals surface area contributed by atoms with Gasteiger partial charge >= 0.3 is 0 Å². The van der Waals surface area contributed by atoms with Crippen molar-refractivity contribution in [3.8, 4) is 11.5 Å². The Labute approximate surface area is 311 Å². The van der Waals surface area contributed by atoms with E-state index in [4.69, 9.17) is 27.9 Å². The maximum atomic E-state index is 15.3. The summed E-state index contributed by atoms with van der Waals surface area (Å²) in [6.45, 7) is 0. The van der Waals surface area contributed by atoms with Crippen LogP contribution in [-0.4, -0.2) is 40.9 Å². The first-order valence-corrected chi connectivity index (χ1v) is 18.0. The molecule has 51 heavy (non-hydrogen) atoms. The van der Waals surface area contributed by atoms with Crippen LogP contribution in [0, 0.1) is 23.7 Å². The number of hydrazine groups is 1. The van der Waals surface area contributed by atoms with Crippen LogP contribution in [-0.2, 0) is 24.6 Å². The second-order valence-corrected chi connectivity index (χ2v) is 15.1. The molecular formula is C39H30BrCl2N3O6. The van der Waals surface area contributed by atoms with Crippen LogP contribution in [0.25, 0.3) is 0 Å². The van der Waals surface area contributed by atoms with Crippen molar-refractivity contribution in [3.05, 3.63) is 128 Å². The largest absolute Gasteiger partial charge is 0.508 e. The fourth-order valence-electron chi connectivity index (χ4n) is 8.73. The highest BCUT2D eigenvalue weighted by atomic mass is 79.9. The highest BCUT2D eigenvalue weighted by Gasteiger charge is 2.70. The van der Waals surface area contributed by atoms with Crippen LogP contribution >= 0.6 is 39.1 Å². The van der Waals surface area contributed by atoms with Gasteiger partial charge in [-0.3, -0.25) is 29.5 Å². The van der Waals surface area contributed by atoms with Crippen molar-refractivity contribution in [2.24, 2.45) is 23.7 Å². The molecule has 0 spiro atoms. The molecule has 0 aromatic heterocycles. The van der Waals surface area contributed by atoms with E-state index in [1.807, 2.05) is 6.08 Å². The second-order valence-electron chi connectivity index (χ2n) is 13.3. The van der Waals surface area contributed by atoms with E-state index in [-0.39, 0.29) is 35.4 Å². The Morgan fingerprint density at radius 1 is 0.863 bits per heavy atom. The molecule has 4 aromatic carbocycles. The molecule has 4 aromatic rings. The second kappa shape index (κ2) is 12.5. The van der Waals surface area contributed by atoms with E-state index < -0.39 is 46.8 Å². The van der Waals surface area contributed by atoms with Gasteiger partial charge in [0.1, 0.15) is 11.5 Å². The molecule has 4 amide bonds. The summed E-state index contributed by atoms with van der Waals surface area (Å²) in [6.07, 6.45) is 2.42. The molecule has 1 saturated carbocycles. The van der Waals surface area contributed by atoms with Crippen molar-refractivity contribution in [2.45, 2.75) is 24.2 Å². The third kappa shape index (κ3) is 5.10. The van der Waals surface area contributed by atoms with Crippen LogP contribution in [0.5, 0.6) is 11.5 Å². The molecule has 6 atom stereocenters. The Balaban J connectivity index is 1.32. The van der Waals surface area contributed by atoms with E-state index >= 15 is 4.79 Å². The number of carbonyl (C=O) groups is 4. The molecule has 2 heterocycles. The summed E-state index contributed by atoms with van der Waals surface area (Å²) in [4.78, 5) is 59.7. The van der Waals surface area contributed by atoms with Crippen molar-refractivity contribution in [1.82, 2.24) is 5.01 Å². The zero-order chi connectivity index (χ0) is 35.8. The van der Waals surface area contributed by atoms with Gasteiger partial charge in [-0.05, 0) is 96.6 Å². The lowest BCUT2D eigenvalue weighted by Crippen LogP contribution is -2.53. The molecule has 2 saturated heterocycles. The molecule has 9 nitrogen and oxygen atoms in total. The van der Waals surface area contributed by atoms with E-state index in [0.29, 0.717) is 33.3 Å². The van der Waals surface area contributed by atoms with Crippen molar-refractivity contribution in [2.75, 3.05) is 17.4 Å². The highest BCUT2D eigenvalue weighted by molar-refractivity contribution is 9.10. The fraction of sp³-hybridized carbons (Fsp3) is 0.231. The molecular weight excluding hydrogens is 757 g/mol. The number of amides is 4. The van der Waals surface area contributed by atoms with Crippen LogP contribution < -0.4 is 15.1 Å². The third-order valence-electron chi connectivity index (χ3n) is 10.9. The first-order valence-electron chi connectivity index (χ1n) is 16.4. The molecule has 0 bridgehead atoms. The van der Waals surface area contributed by atoms with Crippen LogP contribution in [0.15, 0.2) is 107 Å². The summed E-state index contributed by atoms with van der Waals surface area (Å²) < 4.78 is 6.27. The Bertz CT molecular complexity index is 2140. The first kappa shape index (κ1) is 33.5. The topological polar surface area (TPSA) is 116 Å². The smallest absolute Gasteiger partial charge is 0.260 e. The van der Waals surface area contributed by atoms with Gasteiger partial charge in [0.15, 0.2) is 0 Å². The maximum absolute atomic E-state index is 15.3. The number of ether oxygens (including phenoxy) is 1. The van der Waals surface area contributed by atoms with Crippen LogP contribution in [0.2, 0.25) is 10.0 Å². The van der Waals surface area contributed by atoms with Crippen molar-refractivity contribution in [3.63, 3.8) is 0 Å². The summed E-state index contributed by atoms with van der Waals surface area (Å²) >= 11 is 16.1. The number of fused-ring (bicyclic) bond motifs is 4. The number of methoxy groups -OCH3 is 1. The Morgan fingerprint density at radius 2 is 1.57 bits per heavy atom. The summed E-state index contributed by atoms with van der Waals surface area (Å²) in [5.41, 5.74) is 4.36. The number of aromatic hydroxyl groups is 1. The maximum Gasteiger partial charge on any atom is 0.260 e. The zero-order valence-electron chi connectivity index (χ0n) is 27.1. The lowest BCUT2D eigenvalue weighted by atomic mass is 9.49.